The number of carbonyl (C=O) groups is 1. The average Bonchev–Trinajstić information content (AvgIpc) is 2.88. The molecule has 0 amide bonds. The molecule has 5 nitrogen and oxygen atoms in total. The zero-order valence-electron chi connectivity index (χ0n) is 17.7. The zero-order chi connectivity index (χ0) is 21.7. The molecule has 0 N–H and O–H groups in total. The largest absolute Gasteiger partial charge is 0.491 e. The summed E-state index contributed by atoms with van der Waals surface area (Å²) in [6, 6.07) is 7.55. The zero-order valence-corrected chi connectivity index (χ0v) is 17.7. The van der Waals surface area contributed by atoms with E-state index in [0.29, 0.717) is 23.9 Å². The molecular formula is C22H29BFNO4. The van der Waals surface area contributed by atoms with E-state index in [9.17, 15) is 14.4 Å². The van der Waals surface area contributed by atoms with Crippen molar-refractivity contribution in [3.05, 3.63) is 47.7 Å². The number of benzene rings is 1. The van der Waals surface area contributed by atoms with Crippen molar-refractivity contribution in [2.75, 3.05) is 6.61 Å². The van der Waals surface area contributed by atoms with Crippen LogP contribution in [0.5, 0.6) is 0 Å². The summed E-state index contributed by atoms with van der Waals surface area (Å²) >= 11 is 0. The number of hydrogen-bond donors (Lipinski definition) is 0. The molecule has 0 saturated carbocycles. The van der Waals surface area contributed by atoms with Gasteiger partial charge in [0.1, 0.15) is 5.82 Å². The quantitative estimate of drug-likeness (QED) is 0.336. The Morgan fingerprint density at radius 3 is 2.31 bits per heavy atom. The van der Waals surface area contributed by atoms with Crippen LogP contribution in [-0.4, -0.2) is 30.9 Å². The van der Waals surface area contributed by atoms with E-state index < -0.39 is 30.1 Å². The number of esters is 1. The Hall–Kier alpha value is -2.17. The Morgan fingerprint density at radius 1 is 1.17 bits per heavy atom. The highest BCUT2D eigenvalue weighted by Gasteiger charge is 2.52. The van der Waals surface area contributed by atoms with Gasteiger partial charge in [0.25, 0.3) is 0 Å². The van der Waals surface area contributed by atoms with Crippen LogP contribution in [0.2, 0.25) is 0 Å². The minimum absolute atomic E-state index is 0.283. The highest BCUT2D eigenvalue weighted by molar-refractivity contribution is 6.54. The van der Waals surface area contributed by atoms with Gasteiger partial charge in [-0.2, -0.15) is 5.26 Å². The maximum Gasteiger partial charge on any atom is 0.491 e. The molecule has 2 rings (SSSR count). The fourth-order valence-corrected chi connectivity index (χ4v) is 2.95. The number of hydrogen-bond acceptors (Lipinski definition) is 5. The summed E-state index contributed by atoms with van der Waals surface area (Å²) in [6.45, 7) is 12.2. The first-order chi connectivity index (χ1) is 13.6. The summed E-state index contributed by atoms with van der Waals surface area (Å²) in [5, 5.41) is 9.52. The van der Waals surface area contributed by atoms with Crippen molar-refractivity contribution in [3.8, 4) is 6.07 Å². The Balaban J connectivity index is 1.69. The lowest BCUT2D eigenvalue weighted by Crippen LogP contribution is -2.41. The maximum absolute atomic E-state index is 12.9. The minimum atomic E-state index is -0.582. The molecule has 1 aromatic carbocycles. The van der Waals surface area contributed by atoms with Crippen molar-refractivity contribution in [1.82, 2.24) is 0 Å². The van der Waals surface area contributed by atoms with Crippen LogP contribution in [-0.2, 0) is 14.0 Å². The molecule has 1 saturated heterocycles. The van der Waals surface area contributed by atoms with Crippen LogP contribution in [0.3, 0.4) is 0 Å². The Morgan fingerprint density at radius 2 is 1.76 bits per heavy atom. The normalized spacial score (nSPS) is 18.1. The van der Waals surface area contributed by atoms with Crippen molar-refractivity contribution >= 4 is 13.1 Å². The molecule has 1 heterocycles. The molecular weight excluding hydrogens is 372 g/mol. The van der Waals surface area contributed by atoms with Gasteiger partial charge in [-0.1, -0.05) is 12.8 Å². The first-order valence-corrected chi connectivity index (χ1v) is 9.94. The van der Waals surface area contributed by atoms with Crippen molar-refractivity contribution in [2.45, 2.75) is 64.6 Å². The molecule has 1 atom stereocenters. The molecule has 1 aliphatic heterocycles. The van der Waals surface area contributed by atoms with E-state index in [1.54, 1.807) is 0 Å². The SMILES string of the molecule is C=C(B1OC(C)(C)C(C)(C)O1)[C@H](C#N)CCCCCOC(=O)c1ccc(F)cc1. The molecule has 1 aliphatic rings. The average molecular weight is 401 g/mol. The third-order valence-electron chi connectivity index (χ3n) is 5.61. The molecule has 29 heavy (non-hydrogen) atoms. The van der Waals surface area contributed by atoms with Crippen molar-refractivity contribution in [1.29, 1.82) is 5.26 Å². The van der Waals surface area contributed by atoms with E-state index in [-0.39, 0.29) is 12.5 Å². The van der Waals surface area contributed by atoms with Crippen molar-refractivity contribution in [3.63, 3.8) is 0 Å². The lowest BCUT2D eigenvalue weighted by atomic mass is 9.71. The van der Waals surface area contributed by atoms with Crippen molar-refractivity contribution < 1.29 is 23.2 Å². The Kier molecular flexibility index (Phi) is 7.62. The molecule has 0 radical (unpaired) electrons. The fraction of sp³-hybridized carbons (Fsp3) is 0.545. The minimum Gasteiger partial charge on any atom is -0.462 e. The second-order valence-corrected chi connectivity index (χ2v) is 8.34. The molecule has 0 spiro atoms. The first-order valence-electron chi connectivity index (χ1n) is 9.94. The number of nitriles is 1. The van der Waals surface area contributed by atoms with Crippen LogP contribution < -0.4 is 0 Å². The third-order valence-corrected chi connectivity index (χ3v) is 5.61. The molecule has 0 bridgehead atoms. The van der Waals surface area contributed by atoms with Gasteiger partial charge in [-0.05, 0) is 70.3 Å². The van der Waals surface area contributed by atoms with E-state index >= 15 is 0 Å². The van der Waals surface area contributed by atoms with Gasteiger partial charge in [-0.3, -0.25) is 0 Å². The maximum atomic E-state index is 12.9. The summed E-state index contributed by atoms with van der Waals surface area (Å²) in [6.07, 6.45) is 2.94. The molecule has 156 valence electrons. The van der Waals surface area contributed by atoms with E-state index in [0.717, 1.165) is 12.8 Å². The number of unbranched alkanes of at least 4 members (excludes halogenated alkanes) is 2. The van der Waals surface area contributed by atoms with Gasteiger partial charge in [-0.15, -0.1) is 6.58 Å². The lowest BCUT2D eigenvalue weighted by molar-refractivity contribution is 0.00578. The van der Waals surface area contributed by atoms with Crippen LogP contribution in [0, 0.1) is 23.1 Å². The van der Waals surface area contributed by atoms with Gasteiger partial charge < -0.3 is 14.0 Å². The second kappa shape index (κ2) is 9.56. The smallest absolute Gasteiger partial charge is 0.462 e. The van der Waals surface area contributed by atoms with Crippen LogP contribution in [0.25, 0.3) is 0 Å². The lowest BCUT2D eigenvalue weighted by Gasteiger charge is -2.32. The van der Waals surface area contributed by atoms with E-state index in [2.05, 4.69) is 12.6 Å². The van der Waals surface area contributed by atoms with Crippen LogP contribution in [0.15, 0.2) is 36.3 Å². The van der Waals surface area contributed by atoms with Gasteiger partial charge in [0, 0.05) is 0 Å². The predicted molar refractivity (Wildman–Crippen MR) is 109 cm³/mol. The van der Waals surface area contributed by atoms with Gasteiger partial charge >= 0.3 is 13.1 Å². The molecule has 1 fully saturated rings. The van der Waals surface area contributed by atoms with Gasteiger partial charge in [0.2, 0.25) is 0 Å². The van der Waals surface area contributed by atoms with Crippen molar-refractivity contribution in [2.24, 2.45) is 5.92 Å². The first kappa shape index (κ1) is 23.1. The second-order valence-electron chi connectivity index (χ2n) is 8.34. The highest BCUT2D eigenvalue weighted by atomic mass is 19.1. The molecule has 0 aliphatic carbocycles. The Labute approximate surface area is 173 Å². The van der Waals surface area contributed by atoms with Crippen LogP contribution >= 0.6 is 0 Å². The summed E-state index contributed by atoms with van der Waals surface area (Å²) in [7, 11) is -0.582. The Bertz CT molecular complexity index is 754. The van der Waals surface area contributed by atoms with E-state index in [4.69, 9.17) is 14.0 Å². The van der Waals surface area contributed by atoms with Gasteiger partial charge in [-0.25, -0.2) is 9.18 Å². The topological polar surface area (TPSA) is 68.6 Å². The summed E-state index contributed by atoms with van der Waals surface area (Å²) < 4.78 is 30.0. The summed E-state index contributed by atoms with van der Waals surface area (Å²) in [5.74, 6) is -1.21. The summed E-state index contributed by atoms with van der Waals surface area (Å²) in [4.78, 5) is 11.9. The predicted octanol–water partition coefficient (Wildman–Crippen LogP) is 4.87. The van der Waals surface area contributed by atoms with E-state index in [1.165, 1.54) is 24.3 Å². The number of rotatable bonds is 9. The summed E-state index contributed by atoms with van der Waals surface area (Å²) in [5.41, 5.74) is 0.0489. The molecule has 1 aromatic rings. The number of nitrogens with zero attached hydrogens (tertiary/aromatic N) is 1. The number of halogens is 1. The molecule has 0 aromatic heterocycles. The van der Waals surface area contributed by atoms with Crippen LogP contribution in [0.1, 0.15) is 63.7 Å². The number of allylic oxidation sites excluding steroid dienone is 1. The monoisotopic (exact) mass is 401 g/mol. The van der Waals surface area contributed by atoms with Crippen LogP contribution in [0.4, 0.5) is 4.39 Å². The third kappa shape index (κ3) is 5.91. The number of ether oxygens (including phenoxy) is 1. The molecule has 7 heteroatoms. The van der Waals surface area contributed by atoms with E-state index in [1.807, 2.05) is 27.7 Å². The number of carbonyl (C=O) groups excluding carboxylic acids is 1. The highest BCUT2D eigenvalue weighted by Crippen LogP contribution is 2.39. The standard InChI is InChI=1S/C22H29BFNO4/c1-16(23-28-21(2,3)22(4,5)29-23)18(15-25)9-7-6-8-14-27-20(26)17-10-12-19(24)13-11-17/h10-13,18H,1,6-9,14H2,2-5H3/t18-/m0/s1. The molecule has 0 unspecified atom stereocenters. The fourth-order valence-electron chi connectivity index (χ4n) is 2.95. The van der Waals surface area contributed by atoms with Gasteiger partial charge in [0.05, 0.1) is 35.4 Å². The van der Waals surface area contributed by atoms with Gasteiger partial charge in [0.15, 0.2) is 0 Å².